The molecule has 8 nitrogen and oxygen atoms in total. The lowest BCUT2D eigenvalue weighted by molar-refractivity contribution is -0.138. The van der Waals surface area contributed by atoms with Crippen LogP contribution in [0.4, 0.5) is 0 Å². The number of hydrogen-bond acceptors (Lipinski definition) is 7. The Morgan fingerprint density at radius 2 is 1.79 bits per heavy atom. The first-order valence-electron chi connectivity index (χ1n) is 12.1. The van der Waals surface area contributed by atoms with E-state index in [9.17, 15) is 14.9 Å². The molecule has 192 valence electrons. The molecule has 0 spiro atoms. The largest absolute Gasteiger partial charge is 0.466 e. The van der Waals surface area contributed by atoms with Crippen molar-refractivity contribution in [3.8, 4) is 6.07 Å². The minimum Gasteiger partial charge on any atom is -0.466 e. The van der Waals surface area contributed by atoms with Crippen LogP contribution in [0.15, 0.2) is 95.9 Å². The Bertz CT molecular complexity index is 1460. The van der Waals surface area contributed by atoms with E-state index in [0.717, 1.165) is 17.7 Å². The SMILES string of the molecule is COC(=O)C1=C(C)NC(C)=C(C(=O)OC/C=C/c2ccc(Cn3ccnc3)cc2)C1c1ccccc1C#N. The summed E-state index contributed by atoms with van der Waals surface area (Å²) in [6.07, 6.45) is 9.07. The molecule has 1 unspecified atom stereocenters. The number of nitrogens with zero attached hydrogens (tertiary/aromatic N) is 3. The molecule has 1 aromatic heterocycles. The van der Waals surface area contributed by atoms with Crippen molar-refractivity contribution in [2.24, 2.45) is 0 Å². The molecule has 0 fully saturated rings. The van der Waals surface area contributed by atoms with Gasteiger partial charge in [0, 0.05) is 30.3 Å². The lowest BCUT2D eigenvalue weighted by Crippen LogP contribution is -2.32. The number of imidazole rings is 1. The number of nitrogens with one attached hydrogen (secondary N) is 1. The second-order valence-corrected chi connectivity index (χ2v) is 8.80. The molecule has 1 N–H and O–H groups in total. The second-order valence-electron chi connectivity index (χ2n) is 8.80. The highest BCUT2D eigenvalue weighted by molar-refractivity contribution is 6.00. The molecule has 0 saturated heterocycles. The lowest BCUT2D eigenvalue weighted by Gasteiger charge is -2.30. The molecule has 0 saturated carbocycles. The van der Waals surface area contributed by atoms with Crippen LogP contribution >= 0.6 is 0 Å². The minimum atomic E-state index is -0.806. The molecule has 0 radical (unpaired) electrons. The Balaban J connectivity index is 1.51. The molecule has 2 heterocycles. The van der Waals surface area contributed by atoms with Gasteiger partial charge in [-0.3, -0.25) is 0 Å². The van der Waals surface area contributed by atoms with Gasteiger partial charge < -0.3 is 19.4 Å². The minimum absolute atomic E-state index is 0.0370. The summed E-state index contributed by atoms with van der Waals surface area (Å²) >= 11 is 0. The van der Waals surface area contributed by atoms with E-state index in [0.29, 0.717) is 22.5 Å². The summed E-state index contributed by atoms with van der Waals surface area (Å²) in [6, 6.07) is 17.1. The summed E-state index contributed by atoms with van der Waals surface area (Å²) in [5, 5.41) is 12.8. The van der Waals surface area contributed by atoms with E-state index in [1.54, 1.807) is 56.7 Å². The summed E-state index contributed by atoms with van der Waals surface area (Å²) in [5.74, 6) is -1.97. The number of dihydropyridines is 1. The van der Waals surface area contributed by atoms with Crippen LogP contribution < -0.4 is 5.32 Å². The Morgan fingerprint density at radius 1 is 1.08 bits per heavy atom. The van der Waals surface area contributed by atoms with E-state index >= 15 is 0 Å². The Morgan fingerprint density at radius 3 is 2.45 bits per heavy atom. The van der Waals surface area contributed by atoms with E-state index in [-0.39, 0.29) is 17.8 Å². The molecular weight excluding hydrogens is 480 g/mol. The van der Waals surface area contributed by atoms with E-state index in [1.165, 1.54) is 7.11 Å². The summed E-state index contributed by atoms with van der Waals surface area (Å²) < 4.78 is 12.6. The van der Waals surface area contributed by atoms with Gasteiger partial charge in [0.05, 0.1) is 42.1 Å². The van der Waals surface area contributed by atoms with E-state index in [1.807, 2.05) is 41.1 Å². The monoisotopic (exact) mass is 508 g/mol. The number of benzene rings is 2. The van der Waals surface area contributed by atoms with Gasteiger partial charge in [0.25, 0.3) is 0 Å². The first-order chi connectivity index (χ1) is 18.4. The fraction of sp³-hybridized carbons (Fsp3) is 0.200. The maximum absolute atomic E-state index is 13.3. The molecule has 38 heavy (non-hydrogen) atoms. The van der Waals surface area contributed by atoms with Crippen molar-refractivity contribution in [2.45, 2.75) is 26.3 Å². The number of allylic oxidation sites excluding steroid dienone is 2. The third-order valence-corrected chi connectivity index (χ3v) is 6.30. The van der Waals surface area contributed by atoms with Gasteiger partial charge in [-0.1, -0.05) is 48.5 Å². The number of aromatic nitrogens is 2. The van der Waals surface area contributed by atoms with Crippen LogP contribution in [0.3, 0.4) is 0 Å². The van der Waals surface area contributed by atoms with Crippen molar-refractivity contribution in [1.82, 2.24) is 14.9 Å². The number of carbonyl (C=O) groups is 2. The number of hydrogen-bond donors (Lipinski definition) is 1. The lowest BCUT2D eigenvalue weighted by atomic mass is 9.79. The number of rotatable bonds is 8. The van der Waals surface area contributed by atoms with Crippen molar-refractivity contribution in [2.75, 3.05) is 13.7 Å². The van der Waals surface area contributed by atoms with Crippen LogP contribution in [-0.4, -0.2) is 35.2 Å². The smallest absolute Gasteiger partial charge is 0.337 e. The number of methoxy groups -OCH3 is 1. The first kappa shape index (κ1) is 26.2. The standard InChI is InChI=1S/C30H28N4O4/c1-20-26(29(35)37-3)28(25-9-5-4-8-24(25)17-31)27(21(2)33-20)30(36)38-16-6-7-22-10-12-23(13-11-22)18-34-15-14-32-19-34/h4-15,19,28,33H,16,18H2,1-3H3/b7-6+. The molecule has 0 amide bonds. The molecule has 1 aliphatic heterocycles. The van der Waals surface area contributed by atoms with Crippen molar-refractivity contribution < 1.29 is 19.1 Å². The molecule has 0 aliphatic carbocycles. The third kappa shape index (κ3) is 5.73. The highest BCUT2D eigenvalue weighted by Crippen LogP contribution is 2.40. The van der Waals surface area contributed by atoms with Gasteiger partial charge in [-0.15, -0.1) is 0 Å². The summed E-state index contributed by atoms with van der Waals surface area (Å²) in [4.78, 5) is 30.2. The van der Waals surface area contributed by atoms with Gasteiger partial charge in [0.15, 0.2) is 0 Å². The normalized spacial score (nSPS) is 15.3. The Kier molecular flexibility index (Phi) is 8.19. The zero-order valence-electron chi connectivity index (χ0n) is 21.5. The van der Waals surface area contributed by atoms with Crippen LogP contribution in [0.1, 0.15) is 42.0 Å². The first-order valence-corrected chi connectivity index (χ1v) is 12.1. The summed E-state index contributed by atoms with van der Waals surface area (Å²) in [7, 11) is 1.29. The molecule has 4 rings (SSSR count). The molecule has 2 aromatic carbocycles. The fourth-order valence-electron chi connectivity index (χ4n) is 4.52. The molecular formula is C30H28N4O4. The quantitative estimate of drug-likeness (QED) is 0.448. The van der Waals surface area contributed by atoms with Gasteiger partial charge in [0.2, 0.25) is 0 Å². The average molecular weight is 509 g/mol. The van der Waals surface area contributed by atoms with E-state index in [2.05, 4.69) is 16.4 Å². The van der Waals surface area contributed by atoms with Crippen molar-refractivity contribution in [1.29, 1.82) is 5.26 Å². The van der Waals surface area contributed by atoms with Gasteiger partial charge >= 0.3 is 11.9 Å². The number of esters is 2. The molecule has 8 heteroatoms. The van der Waals surface area contributed by atoms with Crippen LogP contribution in [-0.2, 0) is 25.6 Å². The molecule has 1 atom stereocenters. The fourth-order valence-corrected chi connectivity index (χ4v) is 4.52. The Hall–Kier alpha value is -4.90. The van der Waals surface area contributed by atoms with Gasteiger partial charge in [0.1, 0.15) is 6.61 Å². The van der Waals surface area contributed by atoms with Crippen LogP contribution in [0.25, 0.3) is 6.08 Å². The highest BCUT2D eigenvalue weighted by atomic mass is 16.5. The zero-order valence-corrected chi connectivity index (χ0v) is 21.5. The van der Waals surface area contributed by atoms with Crippen LogP contribution in [0.2, 0.25) is 0 Å². The second kappa shape index (κ2) is 11.9. The van der Waals surface area contributed by atoms with E-state index in [4.69, 9.17) is 9.47 Å². The predicted octanol–water partition coefficient (Wildman–Crippen LogP) is 4.47. The molecule has 1 aliphatic rings. The maximum atomic E-state index is 13.3. The highest BCUT2D eigenvalue weighted by Gasteiger charge is 2.38. The van der Waals surface area contributed by atoms with Gasteiger partial charge in [-0.05, 0) is 42.7 Å². The average Bonchev–Trinajstić information content (AvgIpc) is 3.44. The van der Waals surface area contributed by atoms with Crippen molar-refractivity contribution >= 4 is 18.0 Å². The number of ether oxygens (including phenoxy) is 2. The Labute approximate surface area is 221 Å². The van der Waals surface area contributed by atoms with Crippen LogP contribution in [0, 0.1) is 11.3 Å². The van der Waals surface area contributed by atoms with Gasteiger partial charge in [-0.25, -0.2) is 14.6 Å². The molecule has 3 aromatic rings. The molecule has 0 bridgehead atoms. The number of nitriles is 1. The summed E-state index contributed by atoms with van der Waals surface area (Å²) in [5.41, 5.74) is 4.65. The topological polar surface area (TPSA) is 106 Å². The van der Waals surface area contributed by atoms with Gasteiger partial charge in [-0.2, -0.15) is 5.26 Å². The van der Waals surface area contributed by atoms with Crippen molar-refractivity contribution in [3.05, 3.63) is 118 Å². The van der Waals surface area contributed by atoms with Crippen LogP contribution in [0.5, 0.6) is 0 Å². The zero-order chi connectivity index (χ0) is 27.1. The predicted molar refractivity (Wildman–Crippen MR) is 142 cm³/mol. The third-order valence-electron chi connectivity index (χ3n) is 6.30. The van der Waals surface area contributed by atoms with Crippen molar-refractivity contribution in [3.63, 3.8) is 0 Å². The summed E-state index contributed by atoms with van der Waals surface area (Å²) in [6.45, 7) is 4.26. The van der Waals surface area contributed by atoms with E-state index < -0.39 is 17.9 Å². The number of carbonyl (C=O) groups excluding carboxylic acids is 2. The maximum Gasteiger partial charge on any atom is 0.337 e.